The normalized spacial score (nSPS) is 31.6. The van der Waals surface area contributed by atoms with Crippen LogP contribution < -0.4 is 4.74 Å². The fraction of sp³-hybridized carbons (Fsp3) is 0.774. The molecule has 0 aromatic heterocycles. The maximum absolute atomic E-state index is 14.2. The largest absolute Gasteiger partial charge is 0.423 e. The highest BCUT2D eigenvalue weighted by Crippen LogP contribution is 2.50. The zero-order valence-corrected chi connectivity index (χ0v) is 21.7. The highest BCUT2D eigenvalue weighted by molar-refractivity contribution is 5.75. The van der Waals surface area contributed by atoms with E-state index in [0.29, 0.717) is 11.8 Å². The minimum Gasteiger partial charge on any atom is -0.423 e. The van der Waals surface area contributed by atoms with Crippen LogP contribution in [0.5, 0.6) is 5.75 Å². The molecule has 4 unspecified atom stereocenters. The molecule has 2 nitrogen and oxygen atoms in total. The van der Waals surface area contributed by atoms with Gasteiger partial charge in [-0.15, -0.1) is 0 Å². The Morgan fingerprint density at radius 2 is 1.68 bits per heavy atom. The number of carbonyl (C=O) groups is 1. The molecule has 34 heavy (non-hydrogen) atoms. The summed E-state index contributed by atoms with van der Waals surface area (Å²) in [6, 6.07) is 4.85. The summed E-state index contributed by atoms with van der Waals surface area (Å²) in [5, 5.41) is 0. The van der Waals surface area contributed by atoms with Gasteiger partial charge in [-0.05, 0) is 92.7 Å². The lowest BCUT2D eigenvalue weighted by Gasteiger charge is -2.46. The first-order valence-corrected chi connectivity index (χ1v) is 14.5. The van der Waals surface area contributed by atoms with Gasteiger partial charge in [0.15, 0.2) is 11.6 Å². The third-order valence-corrected chi connectivity index (χ3v) is 9.56. The SMILES string of the molecule is CCCCCCCC1CCC(C2CCC3C(CCCC3C(=O)Oc3ccc(C)cc3F)C2)CC1. The molecule has 3 saturated carbocycles. The molecule has 3 aliphatic rings. The van der Waals surface area contributed by atoms with Crippen LogP contribution in [0.1, 0.15) is 115 Å². The molecule has 0 radical (unpaired) electrons. The lowest BCUT2D eigenvalue weighted by Crippen LogP contribution is -2.40. The molecule has 3 aliphatic carbocycles. The van der Waals surface area contributed by atoms with Gasteiger partial charge < -0.3 is 4.74 Å². The van der Waals surface area contributed by atoms with Crippen LogP contribution in [0.3, 0.4) is 0 Å². The van der Waals surface area contributed by atoms with Gasteiger partial charge in [0.2, 0.25) is 0 Å². The van der Waals surface area contributed by atoms with Crippen molar-refractivity contribution in [2.75, 3.05) is 0 Å². The lowest BCUT2D eigenvalue weighted by atomic mass is 9.59. The third-order valence-electron chi connectivity index (χ3n) is 9.56. The second-order valence-electron chi connectivity index (χ2n) is 11.9. The standard InChI is InChI=1S/C31H47FO2/c1-3-4-5-6-7-9-23-13-15-24(16-14-23)25-17-18-27-26(21-25)10-8-11-28(27)31(33)34-30-19-12-22(2)20-29(30)32/h12,19-20,23-28H,3-11,13-18,21H2,1-2H3. The maximum Gasteiger partial charge on any atom is 0.314 e. The Morgan fingerprint density at radius 3 is 2.44 bits per heavy atom. The Morgan fingerprint density at radius 1 is 0.912 bits per heavy atom. The molecule has 4 rings (SSSR count). The van der Waals surface area contributed by atoms with Crippen LogP contribution >= 0.6 is 0 Å². The number of carbonyl (C=O) groups excluding carboxylic acids is 1. The van der Waals surface area contributed by atoms with Gasteiger partial charge >= 0.3 is 5.97 Å². The number of ether oxygens (including phenoxy) is 1. The van der Waals surface area contributed by atoms with Crippen molar-refractivity contribution in [3.63, 3.8) is 0 Å². The fourth-order valence-corrected chi connectivity index (χ4v) is 7.58. The number of rotatable bonds is 9. The average Bonchev–Trinajstić information content (AvgIpc) is 2.85. The number of esters is 1. The van der Waals surface area contributed by atoms with Crippen molar-refractivity contribution in [1.82, 2.24) is 0 Å². The number of fused-ring (bicyclic) bond motifs is 1. The molecule has 0 saturated heterocycles. The topological polar surface area (TPSA) is 26.3 Å². The van der Waals surface area contributed by atoms with Crippen LogP contribution in [0.2, 0.25) is 0 Å². The summed E-state index contributed by atoms with van der Waals surface area (Å²) >= 11 is 0. The molecular formula is C31H47FO2. The van der Waals surface area contributed by atoms with E-state index in [1.54, 1.807) is 6.07 Å². The zero-order valence-electron chi connectivity index (χ0n) is 21.7. The Bertz CT molecular complexity index is 782. The van der Waals surface area contributed by atoms with Crippen LogP contribution in [-0.2, 0) is 4.79 Å². The Hall–Kier alpha value is -1.38. The van der Waals surface area contributed by atoms with Crippen LogP contribution in [0.4, 0.5) is 4.39 Å². The second-order valence-corrected chi connectivity index (χ2v) is 11.9. The molecular weight excluding hydrogens is 423 g/mol. The van der Waals surface area contributed by atoms with Gasteiger partial charge in [-0.3, -0.25) is 4.79 Å². The predicted octanol–water partition coefficient (Wildman–Crippen LogP) is 9.04. The zero-order chi connectivity index (χ0) is 23.9. The smallest absolute Gasteiger partial charge is 0.314 e. The molecule has 1 aromatic rings. The molecule has 190 valence electrons. The van der Waals surface area contributed by atoms with E-state index in [-0.39, 0.29) is 17.6 Å². The quantitative estimate of drug-likeness (QED) is 0.204. The maximum atomic E-state index is 14.2. The summed E-state index contributed by atoms with van der Waals surface area (Å²) < 4.78 is 19.8. The molecule has 0 bridgehead atoms. The predicted molar refractivity (Wildman–Crippen MR) is 137 cm³/mol. The van der Waals surface area contributed by atoms with E-state index >= 15 is 0 Å². The van der Waals surface area contributed by atoms with Gasteiger partial charge in [-0.2, -0.15) is 0 Å². The van der Waals surface area contributed by atoms with Crippen LogP contribution in [0.15, 0.2) is 18.2 Å². The van der Waals surface area contributed by atoms with Crippen LogP contribution in [-0.4, -0.2) is 5.97 Å². The molecule has 0 spiro atoms. The fourth-order valence-electron chi connectivity index (χ4n) is 7.58. The number of benzene rings is 1. The van der Waals surface area contributed by atoms with E-state index in [9.17, 15) is 9.18 Å². The van der Waals surface area contributed by atoms with E-state index in [1.807, 2.05) is 13.0 Å². The molecule has 0 amide bonds. The number of hydrogen-bond donors (Lipinski definition) is 0. The van der Waals surface area contributed by atoms with Crippen molar-refractivity contribution in [1.29, 1.82) is 0 Å². The Balaban J connectivity index is 1.24. The average molecular weight is 471 g/mol. The van der Waals surface area contributed by atoms with Crippen molar-refractivity contribution in [3.8, 4) is 5.75 Å². The van der Waals surface area contributed by atoms with E-state index < -0.39 is 5.82 Å². The van der Waals surface area contributed by atoms with Gasteiger partial charge in [-0.1, -0.05) is 77.2 Å². The summed E-state index contributed by atoms with van der Waals surface area (Å²) in [6.07, 6.45) is 21.2. The van der Waals surface area contributed by atoms with E-state index in [2.05, 4.69) is 6.92 Å². The first-order valence-electron chi connectivity index (χ1n) is 14.5. The van der Waals surface area contributed by atoms with Crippen molar-refractivity contribution >= 4 is 5.97 Å². The number of unbranched alkanes of at least 4 members (excludes halogenated alkanes) is 4. The van der Waals surface area contributed by atoms with E-state index in [1.165, 1.54) is 89.5 Å². The second kappa shape index (κ2) is 12.5. The minimum absolute atomic E-state index is 0.0520. The van der Waals surface area contributed by atoms with E-state index in [4.69, 9.17) is 4.74 Å². The number of halogens is 1. The summed E-state index contributed by atoms with van der Waals surface area (Å²) in [6.45, 7) is 4.14. The monoisotopic (exact) mass is 470 g/mol. The molecule has 0 N–H and O–H groups in total. The third kappa shape index (κ3) is 6.64. The molecule has 0 aliphatic heterocycles. The van der Waals surface area contributed by atoms with Crippen LogP contribution in [0, 0.1) is 48.2 Å². The van der Waals surface area contributed by atoms with Crippen molar-refractivity contribution < 1.29 is 13.9 Å². The molecule has 0 heterocycles. The van der Waals surface area contributed by atoms with Crippen molar-refractivity contribution in [2.24, 2.45) is 35.5 Å². The van der Waals surface area contributed by atoms with Gasteiger partial charge in [0.05, 0.1) is 5.92 Å². The number of aryl methyl sites for hydroxylation is 1. The van der Waals surface area contributed by atoms with Gasteiger partial charge in [0.25, 0.3) is 0 Å². The summed E-state index contributed by atoms with van der Waals surface area (Å²) in [5.41, 5.74) is 0.842. The summed E-state index contributed by atoms with van der Waals surface area (Å²) in [5.74, 6) is 3.25. The summed E-state index contributed by atoms with van der Waals surface area (Å²) in [4.78, 5) is 13.0. The first kappa shape index (κ1) is 25.7. The van der Waals surface area contributed by atoms with Gasteiger partial charge in [0, 0.05) is 0 Å². The Kier molecular flexibility index (Phi) is 9.48. The lowest BCUT2D eigenvalue weighted by molar-refractivity contribution is -0.144. The minimum atomic E-state index is -0.430. The van der Waals surface area contributed by atoms with E-state index in [0.717, 1.165) is 42.6 Å². The molecule has 4 atom stereocenters. The van der Waals surface area contributed by atoms with Crippen molar-refractivity contribution in [3.05, 3.63) is 29.6 Å². The van der Waals surface area contributed by atoms with Gasteiger partial charge in [-0.25, -0.2) is 4.39 Å². The molecule has 3 fully saturated rings. The van der Waals surface area contributed by atoms with Gasteiger partial charge in [0.1, 0.15) is 0 Å². The van der Waals surface area contributed by atoms with Crippen molar-refractivity contribution in [2.45, 2.75) is 117 Å². The highest BCUT2D eigenvalue weighted by Gasteiger charge is 2.43. The number of hydrogen-bond acceptors (Lipinski definition) is 2. The molecule has 1 aromatic carbocycles. The first-order chi connectivity index (χ1) is 16.5. The highest BCUT2D eigenvalue weighted by atomic mass is 19.1. The molecule has 3 heteroatoms. The summed E-state index contributed by atoms with van der Waals surface area (Å²) in [7, 11) is 0. The van der Waals surface area contributed by atoms with Crippen LogP contribution in [0.25, 0.3) is 0 Å². The Labute approximate surface area is 207 Å².